The largest absolute Gasteiger partial charge is 0.481 e. The first-order valence-electron chi connectivity index (χ1n) is 6.16. The van der Waals surface area contributed by atoms with Crippen molar-refractivity contribution in [1.29, 1.82) is 0 Å². The molecular formula is C11H15N3O7. The van der Waals surface area contributed by atoms with E-state index in [-0.39, 0.29) is 6.54 Å². The molecule has 1 aromatic heterocycles. The van der Waals surface area contributed by atoms with Crippen molar-refractivity contribution in [2.45, 2.75) is 39.0 Å². The number of aliphatic hydroxyl groups excluding tert-OH is 1. The number of aryl methyl sites for hydroxylation is 1. The van der Waals surface area contributed by atoms with Gasteiger partial charge in [0.2, 0.25) is 0 Å². The molecule has 0 spiro atoms. The van der Waals surface area contributed by atoms with Gasteiger partial charge in [0.1, 0.15) is 0 Å². The predicted octanol–water partition coefficient (Wildman–Crippen LogP) is -0.836. The lowest BCUT2D eigenvalue weighted by atomic mass is 10.2. The molecule has 0 aliphatic rings. The highest BCUT2D eigenvalue weighted by atomic mass is 16.6. The van der Waals surface area contributed by atoms with Gasteiger partial charge in [0.25, 0.3) is 0 Å². The van der Waals surface area contributed by atoms with Gasteiger partial charge in [-0.05, 0) is 6.42 Å². The fourth-order valence-electron chi connectivity index (χ4n) is 1.80. The summed E-state index contributed by atoms with van der Waals surface area (Å²) in [6.45, 7) is 1.29. The number of aliphatic hydroxyl groups is 1. The summed E-state index contributed by atoms with van der Waals surface area (Å²) < 4.78 is 1.48. The van der Waals surface area contributed by atoms with Gasteiger partial charge in [-0.3, -0.25) is 28.8 Å². The van der Waals surface area contributed by atoms with Gasteiger partial charge in [-0.25, -0.2) is 4.79 Å². The normalized spacial score (nSPS) is 12.1. The molecule has 116 valence electrons. The van der Waals surface area contributed by atoms with E-state index in [9.17, 15) is 29.6 Å². The van der Waals surface area contributed by atoms with Crippen LogP contribution >= 0.6 is 0 Å². The molecule has 1 aromatic rings. The smallest absolute Gasteiger partial charge is 0.350 e. The van der Waals surface area contributed by atoms with E-state index in [1.165, 1.54) is 0 Å². The molecule has 21 heavy (non-hydrogen) atoms. The van der Waals surface area contributed by atoms with E-state index in [0.717, 1.165) is 10.8 Å². The fourth-order valence-corrected chi connectivity index (χ4v) is 1.80. The maximum absolute atomic E-state index is 12.0. The average Bonchev–Trinajstić information content (AvgIpc) is 2.36. The number of nitrogens with zero attached hydrogens (tertiary/aromatic N) is 3. The Hall–Kier alpha value is -2.49. The summed E-state index contributed by atoms with van der Waals surface area (Å²) in [7, 11) is 0. The Morgan fingerprint density at radius 3 is 2.57 bits per heavy atom. The SMILES string of the molecule is CCCn1cc([N+](=O)[O-])c(=O)n(CC(O)CC(=O)O)c1=O. The van der Waals surface area contributed by atoms with Crippen molar-refractivity contribution in [3.05, 3.63) is 37.1 Å². The van der Waals surface area contributed by atoms with Crippen LogP contribution in [0.25, 0.3) is 0 Å². The molecule has 0 saturated heterocycles. The number of aromatic nitrogens is 2. The molecular weight excluding hydrogens is 286 g/mol. The fraction of sp³-hybridized carbons (Fsp3) is 0.545. The number of carboxylic acid groups (broad SMARTS) is 1. The molecule has 10 nitrogen and oxygen atoms in total. The predicted molar refractivity (Wildman–Crippen MR) is 70.2 cm³/mol. The zero-order chi connectivity index (χ0) is 16.2. The van der Waals surface area contributed by atoms with Crippen LogP contribution in [-0.4, -0.2) is 36.3 Å². The van der Waals surface area contributed by atoms with Crippen LogP contribution in [0, 0.1) is 10.1 Å². The first-order chi connectivity index (χ1) is 9.77. The van der Waals surface area contributed by atoms with Gasteiger partial charge in [-0.2, -0.15) is 0 Å². The van der Waals surface area contributed by atoms with Gasteiger partial charge in [-0.1, -0.05) is 6.92 Å². The zero-order valence-corrected chi connectivity index (χ0v) is 11.3. The van der Waals surface area contributed by atoms with Crippen LogP contribution in [0.4, 0.5) is 5.69 Å². The molecule has 1 rings (SSSR count). The molecule has 0 fully saturated rings. The molecule has 0 aliphatic heterocycles. The van der Waals surface area contributed by atoms with Crippen molar-refractivity contribution in [2.75, 3.05) is 0 Å². The molecule has 1 unspecified atom stereocenters. The second kappa shape index (κ2) is 6.79. The maximum Gasteiger partial charge on any atom is 0.350 e. The van der Waals surface area contributed by atoms with Gasteiger partial charge in [0.15, 0.2) is 0 Å². The Morgan fingerprint density at radius 1 is 1.48 bits per heavy atom. The zero-order valence-electron chi connectivity index (χ0n) is 11.3. The van der Waals surface area contributed by atoms with E-state index in [1.807, 2.05) is 0 Å². The van der Waals surface area contributed by atoms with Gasteiger partial charge < -0.3 is 10.2 Å². The second-order valence-corrected chi connectivity index (χ2v) is 4.41. The Morgan fingerprint density at radius 2 is 2.10 bits per heavy atom. The Kier molecular flexibility index (Phi) is 5.36. The lowest BCUT2D eigenvalue weighted by Crippen LogP contribution is -2.43. The highest BCUT2D eigenvalue weighted by Gasteiger charge is 2.22. The van der Waals surface area contributed by atoms with Crippen LogP contribution in [0.2, 0.25) is 0 Å². The van der Waals surface area contributed by atoms with Gasteiger partial charge in [0, 0.05) is 6.54 Å². The van der Waals surface area contributed by atoms with Gasteiger partial charge in [-0.15, -0.1) is 0 Å². The average molecular weight is 301 g/mol. The monoisotopic (exact) mass is 301 g/mol. The summed E-state index contributed by atoms with van der Waals surface area (Å²) in [6, 6.07) is 0. The molecule has 2 N–H and O–H groups in total. The molecule has 0 aliphatic carbocycles. The van der Waals surface area contributed by atoms with Crippen LogP contribution in [0.3, 0.4) is 0 Å². The summed E-state index contributed by atoms with van der Waals surface area (Å²) in [5.74, 6) is -1.31. The molecule has 0 bridgehead atoms. The Labute approximate surface area is 118 Å². The van der Waals surface area contributed by atoms with Crippen molar-refractivity contribution in [1.82, 2.24) is 9.13 Å². The minimum Gasteiger partial charge on any atom is -0.481 e. The minimum atomic E-state index is -1.50. The summed E-state index contributed by atoms with van der Waals surface area (Å²) in [6.07, 6.45) is -0.811. The third-order valence-electron chi connectivity index (χ3n) is 2.68. The first-order valence-corrected chi connectivity index (χ1v) is 6.16. The van der Waals surface area contributed by atoms with E-state index in [2.05, 4.69) is 0 Å². The highest BCUT2D eigenvalue weighted by Crippen LogP contribution is 2.02. The van der Waals surface area contributed by atoms with Crippen LogP contribution in [-0.2, 0) is 17.9 Å². The van der Waals surface area contributed by atoms with Crippen LogP contribution < -0.4 is 11.2 Å². The number of carboxylic acids is 1. The standard InChI is InChI=1S/C11H15N3O7/c1-2-3-12-6-8(14(20)21)10(18)13(11(12)19)5-7(15)4-9(16)17/h6-7,15H,2-5H2,1H3,(H,16,17). The van der Waals surface area contributed by atoms with Crippen molar-refractivity contribution < 1.29 is 19.9 Å². The van der Waals surface area contributed by atoms with E-state index in [4.69, 9.17) is 5.11 Å². The van der Waals surface area contributed by atoms with Crippen molar-refractivity contribution in [2.24, 2.45) is 0 Å². The lowest BCUT2D eigenvalue weighted by molar-refractivity contribution is -0.387. The minimum absolute atomic E-state index is 0.162. The third-order valence-corrected chi connectivity index (χ3v) is 2.68. The molecule has 0 amide bonds. The third kappa shape index (κ3) is 3.99. The summed E-state index contributed by atoms with van der Waals surface area (Å²) in [5.41, 5.74) is -2.79. The Balaban J connectivity index is 3.34. The quantitative estimate of drug-likeness (QED) is 0.493. The molecule has 0 saturated carbocycles. The molecule has 0 radical (unpaired) electrons. The first kappa shape index (κ1) is 16.6. The van der Waals surface area contributed by atoms with Gasteiger partial charge >= 0.3 is 22.9 Å². The van der Waals surface area contributed by atoms with Crippen molar-refractivity contribution >= 4 is 11.7 Å². The number of carbonyl (C=O) groups is 1. The van der Waals surface area contributed by atoms with Crippen molar-refractivity contribution in [3.8, 4) is 0 Å². The number of nitro groups is 1. The number of aliphatic carboxylic acids is 1. The molecule has 0 aromatic carbocycles. The van der Waals surface area contributed by atoms with E-state index >= 15 is 0 Å². The summed E-state index contributed by atoms with van der Waals surface area (Å²) in [5, 5.41) is 28.9. The molecule has 1 heterocycles. The molecule has 1 atom stereocenters. The van der Waals surface area contributed by atoms with E-state index < -0.39 is 46.9 Å². The number of hydrogen-bond acceptors (Lipinski definition) is 6. The van der Waals surface area contributed by atoms with Crippen LogP contribution in [0.15, 0.2) is 15.8 Å². The maximum atomic E-state index is 12.0. The summed E-state index contributed by atoms with van der Waals surface area (Å²) >= 11 is 0. The van der Waals surface area contributed by atoms with Crippen LogP contribution in [0.5, 0.6) is 0 Å². The Bertz CT molecular complexity index is 661. The van der Waals surface area contributed by atoms with E-state index in [1.54, 1.807) is 6.92 Å². The van der Waals surface area contributed by atoms with E-state index in [0.29, 0.717) is 11.0 Å². The van der Waals surface area contributed by atoms with Crippen molar-refractivity contribution in [3.63, 3.8) is 0 Å². The number of hydrogen-bond donors (Lipinski definition) is 2. The van der Waals surface area contributed by atoms with Crippen LogP contribution in [0.1, 0.15) is 19.8 Å². The topological polar surface area (TPSA) is 145 Å². The second-order valence-electron chi connectivity index (χ2n) is 4.41. The molecule has 10 heteroatoms. The van der Waals surface area contributed by atoms with Gasteiger partial charge in [0.05, 0.1) is 30.2 Å². The lowest BCUT2D eigenvalue weighted by Gasteiger charge is -2.12. The highest BCUT2D eigenvalue weighted by molar-refractivity contribution is 5.67. The summed E-state index contributed by atoms with van der Waals surface area (Å²) in [4.78, 5) is 44.3. The number of rotatable bonds is 7.